The Kier molecular flexibility index (Phi) is 5.35. The molecule has 3 aromatic heterocycles. The van der Waals surface area contributed by atoms with E-state index in [1.165, 1.54) is 0 Å². The molecule has 2 aliphatic rings. The molecule has 0 aromatic carbocycles. The SMILES string of the molecule is CC(=NC1CC2(CNC2)C1)/C(=C\N)c1cc(OC(C)c2ccccn2)c2c(C#N)cnn2c1. The summed E-state index contributed by atoms with van der Waals surface area (Å²) >= 11 is 0. The normalized spacial score (nSPS) is 19.1. The number of allylic oxidation sites excluding steroid dienone is 1. The molecule has 1 atom stereocenters. The third-order valence-corrected chi connectivity index (χ3v) is 6.69. The van der Waals surface area contributed by atoms with Crippen LogP contribution in [0.3, 0.4) is 0 Å². The van der Waals surface area contributed by atoms with Crippen LogP contribution in [0.4, 0.5) is 0 Å². The summed E-state index contributed by atoms with van der Waals surface area (Å²) in [7, 11) is 0. The van der Waals surface area contributed by atoms with Crippen LogP contribution >= 0.6 is 0 Å². The maximum atomic E-state index is 9.59. The number of rotatable bonds is 6. The van der Waals surface area contributed by atoms with Crippen LogP contribution in [-0.2, 0) is 0 Å². The van der Waals surface area contributed by atoms with Gasteiger partial charge in [-0.1, -0.05) is 6.07 Å². The van der Waals surface area contributed by atoms with Gasteiger partial charge < -0.3 is 15.8 Å². The Morgan fingerprint density at radius 1 is 1.42 bits per heavy atom. The molecule has 1 aliphatic heterocycles. The van der Waals surface area contributed by atoms with Gasteiger partial charge in [0.2, 0.25) is 0 Å². The predicted octanol–water partition coefficient (Wildman–Crippen LogP) is 3.25. The highest BCUT2D eigenvalue weighted by Gasteiger charge is 2.48. The Morgan fingerprint density at radius 3 is 2.88 bits per heavy atom. The number of nitrogens with two attached hydrogens (primary N) is 1. The summed E-state index contributed by atoms with van der Waals surface area (Å²) in [6, 6.07) is 10.2. The molecule has 2 fully saturated rings. The average Bonchev–Trinajstić information content (AvgIpc) is 3.19. The van der Waals surface area contributed by atoms with Gasteiger partial charge in [-0.3, -0.25) is 9.98 Å². The van der Waals surface area contributed by atoms with Gasteiger partial charge in [-0.05, 0) is 50.3 Å². The highest BCUT2D eigenvalue weighted by molar-refractivity contribution is 6.22. The molecule has 0 bridgehead atoms. The fourth-order valence-corrected chi connectivity index (χ4v) is 4.84. The van der Waals surface area contributed by atoms with E-state index in [2.05, 4.69) is 21.5 Å². The van der Waals surface area contributed by atoms with Gasteiger partial charge in [0.25, 0.3) is 0 Å². The summed E-state index contributed by atoms with van der Waals surface area (Å²) < 4.78 is 7.97. The molecule has 8 heteroatoms. The maximum absolute atomic E-state index is 9.59. The molecule has 3 N–H and O–H groups in total. The molecule has 33 heavy (non-hydrogen) atoms. The first-order valence-corrected chi connectivity index (χ1v) is 11.2. The fourth-order valence-electron chi connectivity index (χ4n) is 4.84. The van der Waals surface area contributed by atoms with Crippen LogP contribution in [-0.4, -0.2) is 39.4 Å². The van der Waals surface area contributed by atoms with E-state index in [0.29, 0.717) is 28.3 Å². The Balaban J connectivity index is 1.48. The summed E-state index contributed by atoms with van der Waals surface area (Å²) in [5.74, 6) is 0.551. The van der Waals surface area contributed by atoms with Gasteiger partial charge in [0, 0.05) is 48.5 Å². The quantitative estimate of drug-likeness (QED) is 0.568. The molecule has 1 unspecified atom stereocenters. The van der Waals surface area contributed by atoms with Crippen molar-refractivity contribution in [1.29, 1.82) is 5.26 Å². The van der Waals surface area contributed by atoms with Crippen molar-refractivity contribution in [3.63, 3.8) is 0 Å². The van der Waals surface area contributed by atoms with Gasteiger partial charge in [-0.25, -0.2) is 4.52 Å². The number of nitrogens with one attached hydrogen (secondary N) is 1. The van der Waals surface area contributed by atoms with Crippen LogP contribution in [0.1, 0.15) is 49.6 Å². The Labute approximate surface area is 192 Å². The van der Waals surface area contributed by atoms with Gasteiger partial charge in [-0.2, -0.15) is 10.4 Å². The zero-order valence-corrected chi connectivity index (χ0v) is 18.8. The largest absolute Gasteiger partial charge is 0.482 e. The van der Waals surface area contributed by atoms with Crippen molar-refractivity contribution in [2.45, 2.75) is 38.8 Å². The molecule has 1 aliphatic carbocycles. The second-order valence-electron chi connectivity index (χ2n) is 9.03. The predicted molar refractivity (Wildman–Crippen MR) is 127 cm³/mol. The number of aliphatic imine (C=N–C) groups is 1. The van der Waals surface area contributed by atoms with E-state index >= 15 is 0 Å². The van der Waals surface area contributed by atoms with Crippen molar-refractivity contribution in [2.24, 2.45) is 16.1 Å². The van der Waals surface area contributed by atoms with Crippen molar-refractivity contribution < 1.29 is 4.74 Å². The van der Waals surface area contributed by atoms with Gasteiger partial charge >= 0.3 is 0 Å². The molecule has 0 amide bonds. The minimum Gasteiger partial charge on any atom is -0.482 e. The lowest BCUT2D eigenvalue weighted by molar-refractivity contribution is 0.0403. The van der Waals surface area contributed by atoms with Crippen LogP contribution in [0, 0.1) is 16.7 Å². The smallest absolute Gasteiger partial charge is 0.148 e. The molecule has 1 spiro atoms. The third-order valence-electron chi connectivity index (χ3n) is 6.69. The lowest BCUT2D eigenvalue weighted by Gasteiger charge is -2.53. The van der Waals surface area contributed by atoms with E-state index in [-0.39, 0.29) is 6.10 Å². The van der Waals surface area contributed by atoms with E-state index in [0.717, 1.165) is 48.5 Å². The minimum atomic E-state index is -0.311. The first kappa shape index (κ1) is 21.2. The molecular weight excluding hydrogens is 414 g/mol. The van der Waals surface area contributed by atoms with Crippen LogP contribution in [0.5, 0.6) is 5.75 Å². The van der Waals surface area contributed by atoms with Crippen molar-refractivity contribution in [3.05, 3.63) is 65.9 Å². The van der Waals surface area contributed by atoms with E-state index in [9.17, 15) is 5.26 Å². The number of fused-ring (bicyclic) bond motifs is 1. The van der Waals surface area contributed by atoms with Crippen LogP contribution in [0.25, 0.3) is 11.1 Å². The van der Waals surface area contributed by atoms with Gasteiger partial charge in [0.1, 0.15) is 29.0 Å². The second kappa shape index (κ2) is 8.34. The molecule has 1 saturated carbocycles. The first-order chi connectivity index (χ1) is 16.0. The summed E-state index contributed by atoms with van der Waals surface area (Å²) in [5.41, 5.74) is 10.9. The number of hydrogen-bond acceptors (Lipinski definition) is 7. The van der Waals surface area contributed by atoms with Crippen LogP contribution in [0.2, 0.25) is 0 Å². The highest BCUT2D eigenvalue weighted by atomic mass is 16.5. The van der Waals surface area contributed by atoms with E-state index in [4.69, 9.17) is 15.5 Å². The van der Waals surface area contributed by atoms with Gasteiger partial charge in [0.05, 0.1) is 17.9 Å². The van der Waals surface area contributed by atoms with Crippen LogP contribution in [0.15, 0.2) is 54.0 Å². The summed E-state index contributed by atoms with van der Waals surface area (Å²) in [5, 5.41) is 17.3. The number of nitrogens with zero attached hydrogens (tertiary/aromatic N) is 5. The Hall–Kier alpha value is -3.70. The third kappa shape index (κ3) is 3.85. The Morgan fingerprint density at radius 2 is 2.24 bits per heavy atom. The van der Waals surface area contributed by atoms with E-state index < -0.39 is 0 Å². The number of ether oxygens (including phenoxy) is 1. The van der Waals surface area contributed by atoms with Crippen molar-refractivity contribution in [1.82, 2.24) is 19.9 Å². The summed E-state index contributed by atoms with van der Waals surface area (Å²) in [6.45, 7) is 6.13. The topological polar surface area (TPSA) is 114 Å². The molecule has 5 rings (SSSR count). The van der Waals surface area contributed by atoms with E-state index in [1.54, 1.807) is 23.1 Å². The highest BCUT2D eigenvalue weighted by Crippen LogP contribution is 2.46. The molecule has 4 heterocycles. The lowest BCUT2D eigenvalue weighted by atomic mass is 9.62. The van der Waals surface area contributed by atoms with Gasteiger partial charge in [-0.15, -0.1) is 0 Å². The van der Waals surface area contributed by atoms with Crippen molar-refractivity contribution >= 4 is 16.8 Å². The zero-order valence-electron chi connectivity index (χ0n) is 18.8. The molecule has 3 aromatic rings. The summed E-state index contributed by atoms with van der Waals surface area (Å²) in [4.78, 5) is 9.35. The Bertz CT molecular complexity index is 1270. The molecular formula is C25H27N7O. The van der Waals surface area contributed by atoms with Gasteiger partial charge in [0.15, 0.2) is 0 Å². The number of hydrogen-bond donors (Lipinski definition) is 2. The lowest BCUT2D eigenvalue weighted by Crippen LogP contribution is -2.61. The van der Waals surface area contributed by atoms with Crippen LogP contribution < -0.4 is 15.8 Å². The monoisotopic (exact) mass is 441 g/mol. The van der Waals surface area contributed by atoms with E-state index in [1.807, 2.05) is 44.3 Å². The standard InChI is InChI=1S/C25H27N7O/c1-16(31-20-8-25(9-20)14-28-15-25)21(11-27)18-7-23(24-19(10-26)12-30-32(24)13-18)33-17(2)22-5-3-4-6-29-22/h3-7,11-13,17,20,28H,8-9,14-15,27H2,1-2H3/b21-11+,31-16?. The molecule has 8 nitrogen and oxygen atoms in total. The van der Waals surface area contributed by atoms with Crippen molar-refractivity contribution in [2.75, 3.05) is 13.1 Å². The molecule has 1 saturated heterocycles. The average molecular weight is 442 g/mol. The second-order valence-corrected chi connectivity index (χ2v) is 9.03. The fraction of sp³-hybridized carbons (Fsp3) is 0.360. The number of nitriles is 1. The minimum absolute atomic E-state index is 0.311. The number of aromatic nitrogens is 3. The first-order valence-electron chi connectivity index (χ1n) is 11.2. The van der Waals surface area contributed by atoms with Crippen molar-refractivity contribution in [3.8, 4) is 11.8 Å². The molecule has 168 valence electrons. The maximum Gasteiger partial charge on any atom is 0.148 e. The summed E-state index contributed by atoms with van der Waals surface area (Å²) in [6.07, 6.45) is 8.66. The number of pyridine rings is 2. The zero-order chi connectivity index (χ0) is 23.0. The molecule has 0 radical (unpaired) electrons.